The second kappa shape index (κ2) is 2.88. The summed E-state index contributed by atoms with van der Waals surface area (Å²) in [4.78, 5) is 7.00. The van der Waals surface area contributed by atoms with E-state index in [1.807, 2.05) is 0 Å². The van der Waals surface area contributed by atoms with E-state index >= 15 is 0 Å². The zero-order valence-corrected chi connectivity index (χ0v) is 9.72. The minimum absolute atomic E-state index is 0.332. The first-order valence-corrected chi connectivity index (χ1v) is 5.41. The van der Waals surface area contributed by atoms with Gasteiger partial charge in [-0.3, -0.25) is 4.99 Å². The molecular weight excluding hydrogens is 174 g/mol. The molecule has 14 heavy (non-hydrogen) atoms. The molecule has 2 aliphatic rings. The summed E-state index contributed by atoms with van der Waals surface area (Å²) in [6.45, 7) is 13.4. The third-order valence-electron chi connectivity index (χ3n) is 2.92. The Balaban J connectivity index is 2.15. The zero-order chi connectivity index (χ0) is 10.4. The first-order valence-electron chi connectivity index (χ1n) is 5.41. The van der Waals surface area contributed by atoms with E-state index in [0.717, 1.165) is 32.1 Å². The Labute approximate surface area is 86.6 Å². The minimum atomic E-state index is 0.332. The normalized spacial score (nSPS) is 28.9. The summed E-state index contributed by atoms with van der Waals surface area (Å²) in [6.07, 6.45) is 0. The average Bonchev–Trinajstić information content (AvgIpc) is 1.99. The lowest BCUT2D eigenvalue weighted by Crippen LogP contribution is -2.59. The summed E-state index contributed by atoms with van der Waals surface area (Å²) in [5.74, 6) is 1.11. The molecule has 2 rings (SSSR count). The van der Waals surface area contributed by atoms with Crippen LogP contribution in [0.5, 0.6) is 0 Å². The summed E-state index contributed by atoms with van der Waals surface area (Å²) >= 11 is 0. The standard InChI is InChI=1S/C11H21N3/c1-10(2)5-12-9-13-6-11(3,4)8-14(9)7-10/h5-8H2,1-4H3,(H,12,13). The molecule has 3 heteroatoms. The highest BCUT2D eigenvalue weighted by atomic mass is 15.3. The molecule has 1 saturated heterocycles. The Hall–Kier alpha value is -0.730. The maximum absolute atomic E-state index is 4.60. The van der Waals surface area contributed by atoms with Gasteiger partial charge in [-0.25, -0.2) is 0 Å². The lowest BCUT2D eigenvalue weighted by atomic mass is 9.87. The fourth-order valence-corrected chi connectivity index (χ4v) is 2.22. The molecule has 1 fully saturated rings. The van der Waals surface area contributed by atoms with Crippen LogP contribution in [0.3, 0.4) is 0 Å². The molecule has 2 aliphatic heterocycles. The third kappa shape index (κ3) is 1.86. The van der Waals surface area contributed by atoms with Gasteiger partial charge in [-0.05, 0) is 5.41 Å². The van der Waals surface area contributed by atoms with Gasteiger partial charge in [0.1, 0.15) is 0 Å². The van der Waals surface area contributed by atoms with Crippen LogP contribution in [0.25, 0.3) is 0 Å². The maximum Gasteiger partial charge on any atom is 0.194 e. The molecule has 2 heterocycles. The third-order valence-corrected chi connectivity index (χ3v) is 2.92. The Morgan fingerprint density at radius 1 is 1.14 bits per heavy atom. The first-order chi connectivity index (χ1) is 6.38. The van der Waals surface area contributed by atoms with Crippen LogP contribution in [-0.4, -0.2) is 37.0 Å². The van der Waals surface area contributed by atoms with Crippen LogP contribution in [0.1, 0.15) is 27.7 Å². The van der Waals surface area contributed by atoms with E-state index in [9.17, 15) is 0 Å². The number of rotatable bonds is 0. The summed E-state index contributed by atoms with van der Waals surface area (Å²) in [5, 5.41) is 3.42. The van der Waals surface area contributed by atoms with Crippen molar-refractivity contribution in [1.29, 1.82) is 0 Å². The van der Waals surface area contributed by atoms with Crippen molar-refractivity contribution in [2.24, 2.45) is 15.8 Å². The van der Waals surface area contributed by atoms with Gasteiger partial charge in [0, 0.05) is 31.6 Å². The molecule has 1 N–H and O–H groups in total. The monoisotopic (exact) mass is 195 g/mol. The van der Waals surface area contributed by atoms with Gasteiger partial charge in [-0.1, -0.05) is 27.7 Å². The quantitative estimate of drug-likeness (QED) is 0.631. The molecule has 0 spiro atoms. The van der Waals surface area contributed by atoms with Gasteiger partial charge in [0.2, 0.25) is 0 Å². The lowest BCUT2D eigenvalue weighted by Gasteiger charge is -2.46. The molecule has 80 valence electrons. The molecule has 0 radical (unpaired) electrons. The number of nitrogens with zero attached hydrogens (tertiary/aromatic N) is 2. The van der Waals surface area contributed by atoms with Crippen molar-refractivity contribution in [3.63, 3.8) is 0 Å². The summed E-state index contributed by atoms with van der Waals surface area (Å²) in [7, 11) is 0. The predicted octanol–water partition coefficient (Wildman–Crippen LogP) is 1.31. The Morgan fingerprint density at radius 3 is 2.50 bits per heavy atom. The van der Waals surface area contributed by atoms with E-state index in [0.29, 0.717) is 10.8 Å². The molecule has 0 aliphatic carbocycles. The van der Waals surface area contributed by atoms with Crippen LogP contribution in [0.2, 0.25) is 0 Å². The molecule has 0 bridgehead atoms. The predicted molar refractivity (Wildman–Crippen MR) is 59.4 cm³/mol. The highest BCUT2D eigenvalue weighted by Gasteiger charge is 2.35. The first kappa shape index (κ1) is 9.81. The number of guanidine groups is 1. The number of hydrogen-bond acceptors (Lipinski definition) is 3. The van der Waals surface area contributed by atoms with Crippen molar-refractivity contribution in [2.75, 3.05) is 26.2 Å². The number of hydrogen-bond donors (Lipinski definition) is 1. The molecule has 3 nitrogen and oxygen atoms in total. The molecule has 0 unspecified atom stereocenters. The zero-order valence-electron chi connectivity index (χ0n) is 9.72. The topological polar surface area (TPSA) is 27.6 Å². The average molecular weight is 195 g/mol. The number of aliphatic imine (C=N–C) groups is 1. The molecular formula is C11H21N3. The Bertz CT molecular complexity index is 266. The fourth-order valence-electron chi connectivity index (χ4n) is 2.22. The fraction of sp³-hybridized carbons (Fsp3) is 0.909. The van der Waals surface area contributed by atoms with Crippen molar-refractivity contribution in [3.05, 3.63) is 0 Å². The smallest absolute Gasteiger partial charge is 0.194 e. The SMILES string of the molecule is CC1(C)CN=C2NCC(C)(C)CN2C1. The van der Waals surface area contributed by atoms with Crippen LogP contribution in [-0.2, 0) is 0 Å². The van der Waals surface area contributed by atoms with Gasteiger partial charge in [0.25, 0.3) is 0 Å². The highest BCUT2D eigenvalue weighted by Crippen LogP contribution is 2.27. The second-order valence-electron chi connectivity index (χ2n) is 6.18. The van der Waals surface area contributed by atoms with Crippen molar-refractivity contribution < 1.29 is 0 Å². The Kier molecular flexibility index (Phi) is 2.02. The van der Waals surface area contributed by atoms with Crippen LogP contribution < -0.4 is 5.32 Å². The number of fused-ring (bicyclic) bond motifs is 1. The maximum atomic E-state index is 4.60. The summed E-state index contributed by atoms with van der Waals surface area (Å²) < 4.78 is 0. The van der Waals surface area contributed by atoms with Crippen molar-refractivity contribution in [2.45, 2.75) is 27.7 Å². The van der Waals surface area contributed by atoms with E-state index in [2.05, 4.69) is 42.9 Å². The van der Waals surface area contributed by atoms with Crippen LogP contribution >= 0.6 is 0 Å². The molecule has 0 aromatic heterocycles. The van der Waals surface area contributed by atoms with E-state index in [4.69, 9.17) is 0 Å². The lowest BCUT2D eigenvalue weighted by molar-refractivity contribution is 0.153. The van der Waals surface area contributed by atoms with Crippen molar-refractivity contribution in [3.8, 4) is 0 Å². The molecule has 0 aromatic rings. The van der Waals surface area contributed by atoms with Gasteiger partial charge in [0.05, 0.1) is 0 Å². The second-order valence-corrected chi connectivity index (χ2v) is 6.18. The molecule has 0 aromatic carbocycles. The van der Waals surface area contributed by atoms with E-state index < -0.39 is 0 Å². The molecule has 0 amide bonds. The summed E-state index contributed by atoms with van der Waals surface area (Å²) in [5.41, 5.74) is 0.699. The molecule has 0 saturated carbocycles. The van der Waals surface area contributed by atoms with Crippen LogP contribution in [0.4, 0.5) is 0 Å². The van der Waals surface area contributed by atoms with E-state index in [1.54, 1.807) is 0 Å². The van der Waals surface area contributed by atoms with Gasteiger partial charge in [-0.2, -0.15) is 0 Å². The van der Waals surface area contributed by atoms with Gasteiger partial charge >= 0.3 is 0 Å². The molecule has 0 atom stereocenters. The summed E-state index contributed by atoms with van der Waals surface area (Å²) in [6, 6.07) is 0. The van der Waals surface area contributed by atoms with E-state index in [-0.39, 0.29) is 0 Å². The van der Waals surface area contributed by atoms with Crippen molar-refractivity contribution in [1.82, 2.24) is 10.2 Å². The van der Waals surface area contributed by atoms with Crippen molar-refractivity contribution >= 4 is 5.96 Å². The Morgan fingerprint density at radius 2 is 1.79 bits per heavy atom. The largest absolute Gasteiger partial charge is 0.356 e. The van der Waals surface area contributed by atoms with E-state index in [1.165, 1.54) is 0 Å². The van der Waals surface area contributed by atoms with Gasteiger partial charge in [0.15, 0.2) is 5.96 Å². The van der Waals surface area contributed by atoms with Gasteiger partial charge < -0.3 is 10.2 Å². The van der Waals surface area contributed by atoms with Crippen LogP contribution in [0.15, 0.2) is 4.99 Å². The number of nitrogens with one attached hydrogen (secondary N) is 1. The minimum Gasteiger partial charge on any atom is -0.356 e. The highest BCUT2D eigenvalue weighted by molar-refractivity contribution is 5.81. The van der Waals surface area contributed by atoms with Crippen LogP contribution in [0, 0.1) is 10.8 Å². The van der Waals surface area contributed by atoms with Gasteiger partial charge in [-0.15, -0.1) is 0 Å².